The fraction of sp³-hybridized carbons (Fsp3) is 0.333. The number of aromatic nitrogens is 1. The van der Waals surface area contributed by atoms with Gasteiger partial charge in [-0.15, -0.1) is 0 Å². The number of fused-ring (bicyclic) bond motifs is 1. The van der Waals surface area contributed by atoms with E-state index in [2.05, 4.69) is 24.1 Å². The number of carbonyl (C=O) groups excluding carboxylic acids is 1. The maximum Gasteiger partial charge on any atom is 0.225 e. The summed E-state index contributed by atoms with van der Waals surface area (Å²) in [5, 5.41) is 3.08. The first-order valence-electron chi connectivity index (χ1n) is 8.83. The van der Waals surface area contributed by atoms with E-state index >= 15 is 0 Å². The maximum atomic E-state index is 12.5. The molecule has 3 aromatic rings. The Morgan fingerprint density at radius 2 is 1.88 bits per heavy atom. The monoisotopic (exact) mass is 352 g/mol. The fourth-order valence-corrected chi connectivity index (χ4v) is 2.91. The van der Waals surface area contributed by atoms with Crippen LogP contribution in [-0.4, -0.2) is 18.0 Å². The van der Waals surface area contributed by atoms with Crippen LogP contribution in [0.25, 0.3) is 11.1 Å². The SMILES string of the molecule is COc1ccc(CC(=O)N[C@@H](CC(C)C)c2nc3ccccc3o2)cc1. The van der Waals surface area contributed by atoms with Crippen molar-refractivity contribution in [1.82, 2.24) is 10.3 Å². The molecule has 0 saturated carbocycles. The van der Waals surface area contributed by atoms with Gasteiger partial charge < -0.3 is 14.5 Å². The van der Waals surface area contributed by atoms with Crippen LogP contribution in [0.15, 0.2) is 52.9 Å². The number of carbonyl (C=O) groups is 1. The average molecular weight is 352 g/mol. The standard InChI is InChI=1S/C21H24N2O3/c1-14(2)12-18(21-23-17-6-4-5-7-19(17)26-21)22-20(24)13-15-8-10-16(25-3)11-9-15/h4-11,14,18H,12-13H2,1-3H3,(H,22,24)/t18-/m0/s1. The molecule has 0 aliphatic rings. The van der Waals surface area contributed by atoms with Crippen molar-refractivity contribution in [2.75, 3.05) is 7.11 Å². The van der Waals surface area contributed by atoms with Crippen LogP contribution in [0.2, 0.25) is 0 Å². The van der Waals surface area contributed by atoms with E-state index in [9.17, 15) is 4.79 Å². The summed E-state index contributed by atoms with van der Waals surface area (Å²) in [5.74, 6) is 1.68. The van der Waals surface area contributed by atoms with Gasteiger partial charge in [0.2, 0.25) is 11.8 Å². The Balaban J connectivity index is 1.73. The fourth-order valence-electron chi connectivity index (χ4n) is 2.91. The molecule has 0 saturated heterocycles. The van der Waals surface area contributed by atoms with Crippen LogP contribution in [0, 0.1) is 5.92 Å². The highest BCUT2D eigenvalue weighted by molar-refractivity contribution is 5.79. The first kappa shape index (κ1) is 18.0. The third-order valence-electron chi connectivity index (χ3n) is 4.17. The molecule has 1 N–H and O–H groups in total. The van der Waals surface area contributed by atoms with Gasteiger partial charge in [0.15, 0.2) is 5.58 Å². The van der Waals surface area contributed by atoms with Crippen LogP contribution in [0.1, 0.15) is 37.8 Å². The van der Waals surface area contributed by atoms with Crippen molar-refractivity contribution in [3.63, 3.8) is 0 Å². The topological polar surface area (TPSA) is 64.4 Å². The van der Waals surface area contributed by atoms with E-state index in [0.29, 0.717) is 18.2 Å². The van der Waals surface area contributed by atoms with Gasteiger partial charge in [-0.3, -0.25) is 4.79 Å². The van der Waals surface area contributed by atoms with Crippen LogP contribution in [0.4, 0.5) is 0 Å². The highest BCUT2D eigenvalue weighted by atomic mass is 16.5. The molecule has 1 heterocycles. The molecular formula is C21H24N2O3. The second-order valence-electron chi connectivity index (χ2n) is 6.79. The largest absolute Gasteiger partial charge is 0.497 e. The van der Waals surface area contributed by atoms with E-state index in [1.54, 1.807) is 7.11 Å². The van der Waals surface area contributed by atoms with E-state index in [4.69, 9.17) is 9.15 Å². The lowest BCUT2D eigenvalue weighted by molar-refractivity contribution is -0.121. The second-order valence-corrected chi connectivity index (χ2v) is 6.79. The molecule has 136 valence electrons. The molecule has 0 unspecified atom stereocenters. The van der Waals surface area contributed by atoms with Gasteiger partial charge in [-0.1, -0.05) is 38.1 Å². The Labute approximate surface area is 153 Å². The Morgan fingerprint density at radius 1 is 1.15 bits per heavy atom. The Hall–Kier alpha value is -2.82. The van der Waals surface area contributed by atoms with Crippen molar-refractivity contribution >= 4 is 17.0 Å². The minimum Gasteiger partial charge on any atom is -0.497 e. The van der Waals surface area contributed by atoms with Crippen molar-refractivity contribution in [3.8, 4) is 5.75 Å². The average Bonchev–Trinajstić information content (AvgIpc) is 3.05. The van der Waals surface area contributed by atoms with Crippen molar-refractivity contribution in [2.24, 2.45) is 5.92 Å². The zero-order chi connectivity index (χ0) is 18.5. The highest BCUT2D eigenvalue weighted by Gasteiger charge is 2.21. The zero-order valence-electron chi connectivity index (χ0n) is 15.4. The number of hydrogen-bond donors (Lipinski definition) is 1. The third kappa shape index (κ3) is 4.42. The van der Waals surface area contributed by atoms with Crippen LogP contribution in [-0.2, 0) is 11.2 Å². The third-order valence-corrected chi connectivity index (χ3v) is 4.17. The molecule has 26 heavy (non-hydrogen) atoms. The lowest BCUT2D eigenvalue weighted by Crippen LogP contribution is -2.31. The zero-order valence-corrected chi connectivity index (χ0v) is 15.4. The van der Waals surface area contributed by atoms with Crippen molar-refractivity contribution < 1.29 is 13.9 Å². The van der Waals surface area contributed by atoms with Crippen molar-refractivity contribution in [2.45, 2.75) is 32.7 Å². The van der Waals surface area contributed by atoms with Crippen LogP contribution in [0.3, 0.4) is 0 Å². The molecule has 0 spiro atoms. The summed E-state index contributed by atoms with van der Waals surface area (Å²) in [6.45, 7) is 4.23. The Bertz CT molecular complexity index is 835. The normalized spacial score (nSPS) is 12.3. The van der Waals surface area contributed by atoms with Crippen molar-refractivity contribution in [3.05, 3.63) is 60.0 Å². The number of nitrogens with zero attached hydrogens (tertiary/aromatic N) is 1. The molecule has 5 nitrogen and oxygen atoms in total. The summed E-state index contributed by atoms with van der Waals surface area (Å²) in [4.78, 5) is 17.1. The van der Waals surface area contributed by atoms with Gasteiger partial charge in [0, 0.05) is 0 Å². The van der Waals surface area contributed by atoms with E-state index in [1.807, 2.05) is 48.5 Å². The van der Waals surface area contributed by atoms with E-state index < -0.39 is 0 Å². The molecule has 3 rings (SSSR count). The van der Waals surface area contributed by atoms with Crippen LogP contribution >= 0.6 is 0 Å². The van der Waals surface area contributed by atoms with Gasteiger partial charge in [0.05, 0.1) is 13.5 Å². The molecule has 5 heteroatoms. The predicted molar refractivity (Wildman–Crippen MR) is 101 cm³/mol. The summed E-state index contributed by atoms with van der Waals surface area (Å²) < 4.78 is 11.0. The quantitative estimate of drug-likeness (QED) is 0.689. The molecule has 2 aromatic carbocycles. The van der Waals surface area contributed by atoms with E-state index in [1.165, 1.54) is 0 Å². The summed E-state index contributed by atoms with van der Waals surface area (Å²) in [5.41, 5.74) is 2.48. The number of benzene rings is 2. The molecule has 1 amide bonds. The smallest absolute Gasteiger partial charge is 0.225 e. The minimum atomic E-state index is -0.242. The summed E-state index contributed by atoms with van der Waals surface area (Å²) in [6, 6.07) is 14.9. The molecule has 0 bridgehead atoms. The number of oxazole rings is 1. The first-order valence-corrected chi connectivity index (χ1v) is 8.83. The predicted octanol–water partition coefficient (Wildman–Crippen LogP) is 4.28. The number of hydrogen-bond acceptors (Lipinski definition) is 4. The second kappa shape index (κ2) is 8.04. The number of para-hydroxylation sites is 2. The molecule has 1 atom stereocenters. The maximum absolute atomic E-state index is 12.5. The van der Waals surface area contributed by atoms with Crippen molar-refractivity contribution in [1.29, 1.82) is 0 Å². The molecule has 1 aromatic heterocycles. The number of ether oxygens (including phenoxy) is 1. The molecular weight excluding hydrogens is 328 g/mol. The van der Waals surface area contributed by atoms with Crippen LogP contribution < -0.4 is 10.1 Å². The summed E-state index contributed by atoms with van der Waals surface area (Å²) in [7, 11) is 1.62. The van der Waals surface area contributed by atoms with Gasteiger partial charge in [0.1, 0.15) is 17.3 Å². The minimum absolute atomic E-state index is 0.0527. The summed E-state index contributed by atoms with van der Waals surface area (Å²) >= 11 is 0. The van der Waals surface area contributed by atoms with Gasteiger partial charge in [0.25, 0.3) is 0 Å². The molecule has 0 radical (unpaired) electrons. The molecule has 0 aliphatic carbocycles. The Morgan fingerprint density at radius 3 is 2.54 bits per heavy atom. The van der Waals surface area contributed by atoms with E-state index in [0.717, 1.165) is 28.8 Å². The number of nitrogens with one attached hydrogen (secondary N) is 1. The van der Waals surface area contributed by atoms with Gasteiger partial charge in [-0.05, 0) is 42.2 Å². The number of rotatable bonds is 7. The van der Waals surface area contributed by atoms with Gasteiger partial charge in [-0.25, -0.2) is 4.98 Å². The highest BCUT2D eigenvalue weighted by Crippen LogP contribution is 2.25. The first-order chi connectivity index (χ1) is 12.5. The number of methoxy groups -OCH3 is 1. The molecule has 0 aliphatic heterocycles. The number of amides is 1. The van der Waals surface area contributed by atoms with Gasteiger partial charge in [-0.2, -0.15) is 0 Å². The molecule has 0 fully saturated rings. The van der Waals surface area contributed by atoms with Gasteiger partial charge >= 0.3 is 0 Å². The van der Waals surface area contributed by atoms with E-state index in [-0.39, 0.29) is 11.9 Å². The lowest BCUT2D eigenvalue weighted by atomic mass is 10.0. The summed E-state index contributed by atoms with van der Waals surface area (Å²) in [6.07, 6.45) is 1.07. The van der Waals surface area contributed by atoms with Crippen LogP contribution in [0.5, 0.6) is 5.75 Å². The Kier molecular flexibility index (Phi) is 5.56. The lowest BCUT2D eigenvalue weighted by Gasteiger charge is -2.17.